The summed E-state index contributed by atoms with van der Waals surface area (Å²) in [5.41, 5.74) is 1.73. The lowest BCUT2D eigenvalue weighted by Gasteiger charge is -2.43. The van der Waals surface area contributed by atoms with Gasteiger partial charge in [-0.2, -0.15) is 0 Å². The number of carbonyl (C=O) groups is 2. The summed E-state index contributed by atoms with van der Waals surface area (Å²) < 4.78 is 8.74. The average molecular weight is 682 g/mol. The highest BCUT2D eigenvalue weighted by molar-refractivity contribution is 7.17. The first kappa shape index (κ1) is 32.7. The number of aliphatic hydroxyl groups is 1. The van der Waals surface area contributed by atoms with Gasteiger partial charge in [0.15, 0.2) is 0 Å². The van der Waals surface area contributed by atoms with Gasteiger partial charge in [-0.25, -0.2) is 9.97 Å². The van der Waals surface area contributed by atoms with Crippen molar-refractivity contribution in [3.8, 4) is 16.3 Å². The second-order valence-corrected chi connectivity index (χ2v) is 14.1. The quantitative estimate of drug-likeness (QED) is 0.274. The number of benzene rings is 1. The zero-order valence-corrected chi connectivity index (χ0v) is 28.6. The Morgan fingerprint density at radius 2 is 1.86 bits per heavy atom. The molecule has 4 aromatic heterocycles. The number of nitrogens with zero attached hydrogens (tertiary/aromatic N) is 7. The zero-order chi connectivity index (χ0) is 34.3. The van der Waals surface area contributed by atoms with Gasteiger partial charge < -0.3 is 24.2 Å². The third kappa shape index (κ3) is 6.24. The van der Waals surface area contributed by atoms with Crippen LogP contribution < -0.4 is 10.3 Å². The molecule has 2 atom stereocenters. The van der Waals surface area contributed by atoms with Crippen LogP contribution in [-0.2, 0) is 18.4 Å². The maximum atomic E-state index is 14.2. The molecule has 0 aliphatic carbocycles. The fourth-order valence-corrected chi connectivity index (χ4v) is 8.25. The molecule has 2 saturated heterocycles. The van der Waals surface area contributed by atoms with Crippen molar-refractivity contribution in [1.82, 2.24) is 33.9 Å². The number of thiazole rings is 1. The van der Waals surface area contributed by atoms with Crippen LogP contribution in [0.15, 0.2) is 72.2 Å². The first-order chi connectivity index (χ1) is 23.7. The van der Waals surface area contributed by atoms with E-state index in [1.54, 1.807) is 36.3 Å². The number of piperidine rings is 2. The van der Waals surface area contributed by atoms with E-state index in [4.69, 9.17) is 9.72 Å². The molecule has 0 saturated carbocycles. The number of aromatic nitrogens is 5. The Bertz CT molecular complexity index is 2060. The van der Waals surface area contributed by atoms with Crippen LogP contribution in [0.4, 0.5) is 0 Å². The maximum absolute atomic E-state index is 14.2. The highest BCUT2D eigenvalue weighted by Gasteiger charge is 2.42. The van der Waals surface area contributed by atoms with Crippen LogP contribution in [0.1, 0.15) is 46.1 Å². The first-order valence-corrected chi connectivity index (χ1v) is 17.3. The van der Waals surface area contributed by atoms with Gasteiger partial charge in [-0.1, -0.05) is 30.3 Å². The van der Waals surface area contributed by atoms with E-state index in [0.29, 0.717) is 77.8 Å². The van der Waals surface area contributed by atoms with Crippen LogP contribution >= 0.6 is 11.3 Å². The average Bonchev–Trinajstić information content (AvgIpc) is 3.71. The Labute approximate surface area is 287 Å². The molecule has 2 amide bonds. The molecular formula is C36H39N7O5S. The molecule has 1 aromatic carbocycles. The van der Waals surface area contributed by atoms with Crippen molar-refractivity contribution in [3.63, 3.8) is 0 Å². The number of rotatable bonds is 7. The van der Waals surface area contributed by atoms with Gasteiger partial charge in [0, 0.05) is 57.5 Å². The second kappa shape index (κ2) is 13.2. The number of amides is 2. The van der Waals surface area contributed by atoms with E-state index >= 15 is 0 Å². The lowest BCUT2D eigenvalue weighted by atomic mass is 9.79. The predicted molar refractivity (Wildman–Crippen MR) is 186 cm³/mol. The van der Waals surface area contributed by atoms with Crippen LogP contribution in [0, 0.1) is 12.8 Å². The smallest absolute Gasteiger partial charge is 0.265 e. The molecule has 0 unspecified atom stereocenters. The van der Waals surface area contributed by atoms with E-state index in [1.807, 2.05) is 60.2 Å². The van der Waals surface area contributed by atoms with Crippen LogP contribution in [0.2, 0.25) is 0 Å². The number of ether oxygens (including phenoxy) is 1. The van der Waals surface area contributed by atoms with Crippen molar-refractivity contribution in [2.45, 2.75) is 44.2 Å². The van der Waals surface area contributed by atoms with Gasteiger partial charge in [-0.05, 0) is 43.9 Å². The van der Waals surface area contributed by atoms with E-state index in [0.717, 1.165) is 11.1 Å². The number of hydrogen-bond acceptors (Lipinski definition) is 9. The Hall–Kier alpha value is -4.88. The summed E-state index contributed by atoms with van der Waals surface area (Å²) in [6, 6.07) is 13.5. The first-order valence-electron chi connectivity index (χ1n) is 16.5. The number of pyridine rings is 1. The SMILES string of the molecule is COc1cnccc1-c1nc(C)c(C(=O)N2CC[C@@H](C(=O)N3CCC(O)(Cn4cnc5c(ccn5C)c4=O)CC3)[C@H](c3ccccc3)C2)s1. The molecule has 1 N–H and O–H groups in total. The Morgan fingerprint density at radius 3 is 2.61 bits per heavy atom. The third-order valence-electron chi connectivity index (χ3n) is 9.99. The van der Waals surface area contributed by atoms with E-state index in [1.165, 1.54) is 22.2 Å². The fraction of sp³-hybridized carbons (Fsp3) is 0.389. The molecule has 5 aromatic rings. The number of carbonyl (C=O) groups excluding carboxylic acids is 2. The molecule has 7 rings (SSSR count). The maximum Gasteiger partial charge on any atom is 0.265 e. The van der Waals surface area contributed by atoms with E-state index in [2.05, 4.69) is 9.97 Å². The molecule has 2 aliphatic rings. The minimum absolute atomic E-state index is 0.0357. The van der Waals surface area contributed by atoms with E-state index < -0.39 is 5.60 Å². The minimum atomic E-state index is -1.13. The lowest BCUT2D eigenvalue weighted by Crippen LogP contribution is -2.53. The molecule has 2 aliphatic heterocycles. The van der Waals surface area contributed by atoms with Gasteiger partial charge in [-0.3, -0.25) is 23.9 Å². The van der Waals surface area contributed by atoms with Crippen molar-refractivity contribution in [2.24, 2.45) is 13.0 Å². The fourth-order valence-electron chi connectivity index (χ4n) is 7.19. The predicted octanol–water partition coefficient (Wildman–Crippen LogP) is 3.87. The number of likely N-dealkylation sites (tertiary alicyclic amines) is 2. The number of aryl methyl sites for hydroxylation is 2. The summed E-state index contributed by atoms with van der Waals surface area (Å²) in [5, 5.41) is 12.7. The summed E-state index contributed by atoms with van der Waals surface area (Å²) in [6.45, 7) is 3.57. The van der Waals surface area contributed by atoms with Crippen LogP contribution in [0.3, 0.4) is 0 Å². The zero-order valence-electron chi connectivity index (χ0n) is 27.8. The molecule has 0 radical (unpaired) electrons. The van der Waals surface area contributed by atoms with Gasteiger partial charge >= 0.3 is 0 Å². The van der Waals surface area contributed by atoms with Gasteiger partial charge in [0.1, 0.15) is 27.6 Å². The number of methoxy groups -OCH3 is 1. The molecule has 6 heterocycles. The minimum Gasteiger partial charge on any atom is -0.494 e. The van der Waals surface area contributed by atoms with E-state index in [9.17, 15) is 19.5 Å². The Balaban J connectivity index is 1.06. The van der Waals surface area contributed by atoms with Crippen molar-refractivity contribution >= 4 is 34.2 Å². The van der Waals surface area contributed by atoms with Crippen LogP contribution in [0.25, 0.3) is 21.6 Å². The van der Waals surface area contributed by atoms with E-state index in [-0.39, 0.29) is 35.8 Å². The molecular weight excluding hydrogens is 643 g/mol. The number of hydrogen-bond donors (Lipinski definition) is 1. The molecule has 0 spiro atoms. The molecule has 0 bridgehead atoms. The molecule has 49 heavy (non-hydrogen) atoms. The summed E-state index contributed by atoms with van der Waals surface area (Å²) in [6.07, 6.45) is 7.81. The summed E-state index contributed by atoms with van der Waals surface area (Å²) in [7, 11) is 3.42. The van der Waals surface area contributed by atoms with Crippen LogP contribution in [0.5, 0.6) is 5.75 Å². The Kier molecular flexibility index (Phi) is 8.80. The highest BCUT2D eigenvalue weighted by Crippen LogP contribution is 2.38. The van der Waals surface area contributed by atoms with Crippen molar-refractivity contribution < 1.29 is 19.4 Å². The summed E-state index contributed by atoms with van der Waals surface area (Å²) in [4.78, 5) is 58.8. The summed E-state index contributed by atoms with van der Waals surface area (Å²) in [5.74, 6) is 0.0252. The van der Waals surface area contributed by atoms with Gasteiger partial charge in [0.25, 0.3) is 11.5 Å². The number of fused-ring (bicyclic) bond motifs is 1. The lowest BCUT2D eigenvalue weighted by molar-refractivity contribution is -0.142. The largest absolute Gasteiger partial charge is 0.494 e. The molecule has 254 valence electrons. The topological polar surface area (TPSA) is 136 Å². The molecule has 2 fully saturated rings. The van der Waals surface area contributed by atoms with Gasteiger partial charge in [0.05, 0.1) is 42.1 Å². The molecule has 12 nitrogen and oxygen atoms in total. The van der Waals surface area contributed by atoms with Gasteiger partial charge in [-0.15, -0.1) is 11.3 Å². The second-order valence-electron chi connectivity index (χ2n) is 13.1. The summed E-state index contributed by atoms with van der Waals surface area (Å²) >= 11 is 1.34. The van der Waals surface area contributed by atoms with Crippen molar-refractivity contribution in [3.05, 3.63) is 93.9 Å². The molecule has 13 heteroatoms. The standard InChI is InChI=1S/C36H39N7O5S/c1-23-30(49-32(39-23)26-9-14-37-19-29(26)48-3)35(46)42-16-11-25(28(20-42)24-7-5-4-6-8-24)33(44)41-17-12-36(47,13-18-41)21-43-22-38-31-27(34(43)45)10-15-40(31)2/h4-10,14-15,19,22,25,28,47H,11-13,16-18,20-21H2,1-3H3/t25-,28+/m1/s1. The Morgan fingerprint density at radius 1 is 1.08 bits per heavy atom. The van der Waals surface area contributed by atoms with Crippen molar-refractivity contribution in [1.29, 1.82) is 0 Å². The highest BCUT2D eigenvalue weighted by atomic mass is 32.1. The monoisotopic (exact) mass is 681 g/mol. The normalized spacial score (nSPS) is 19.3. The van der Waals surface area contributed by atoms with Crippen molar-refractivity contribution in [2.75, 3.05) is 33.3 Å². The van der Waals surface area contributed by atoms with Crippen LogP contribution in [-0.4, -0.2) is 89.7 Å². The third-order valence-corrected chi connectivity index (χ3v) is 11.2. The van der Waals surface area contributed by atoms with Gasteiger partial charge in [0.2, 0.25) is 5.91 Å².